The minimum atomic E-state index is -0.692. The molecule has 0 aliphatic heterocycles. The Balaban J connectivity index is 1.57. The number of nitrogens with zero attached hydrogens (tertiary/aromatic N) is 1. The van der Waals surface area contributed by atoms with Crippen LogP contribution in [-0.4, -0.2) is 27.8 Å². The Hall–Kier alpha value is -2.18. The molecule has 3 N–H and O–H groups in total. The normalized spacial score (nSPS) is 12.5. The summed E-state index contributed by atoms with van der Waals surface area (Å²) in [5, 5.41) is 20.9. The van der Waals surface area contributed by atoms with Gasteiger partial charge in [-0.3, -0.25) is 9.89 Å². The maximum atomic E-state index is 11.9. The van der Waals surface area contributed by atoms with Crippen molar-refractivity contribution in [2.75, 3.05) is 6.54 Å². The Morgan fingerprint density at radius 1 is 1.41 bits per heavy atom. The van der Waals surface area contributed by atoms with E-state index in [-0.39, 0.29) is 18.9 Å². The van der Waals surface area contributed by atoms with Gasteiger partial charge in [-0.1, -0.05) is 18.2 Å². The number of benzene rings is 1. The van der Waals surface area contributed by atoms with E-state index in [1.807, 2.05) is 43.3 Å². The van der Waals surface area contributed by atoms with Crippen molar-refractivity contribution in [1.82, 2.24) is 15.5 Å². The smallest absolute Gasteiger partial charge is 0.226 e. The van der Waals surface area contributed by atoms with Crippen LogP contribution in [0.1, 0.15) is 22.4 Å². The average molecular weight is 315 g/mol. The molecule has 0 radical (unpaired) electrons. The largest absolute Gasteiger partial charge is 0.386 e. The van der Waals surface area contributed by atoms with E-state index in [0.29, 0.717) is 5.69 Å². The maximum absolute atomic E-state index is 11.9. The van der Waals surface area contributed by atoms with Crippen molar-refractivity contribution in [3.63, 3.8) is 0 Å². The second-order valence-electron chi connectivity index (χ2n) is 5.23. The summed E-state index contributed by atoms with van der Waals surface area (Å²) in [6, 6.07) is 11.8. The molecule has 114 valence electrons. The van der Waals surface area contributed by atoms with Gasteiger partial charge in [-0.2, -0.15) is 5.10 Å². The molecule has 3 rings (SSSR count). The lowest BCUT2D eigenvalue weighted by Crippen LogP contribution is -2.29. The summed E-state index contributed by atoms with van der Waals surface area (Å²) in [6.07, 6.45) is -0.481. The highest BCUT2D eigenvalue weighted by atomic mass is 32.1. The van der Waals surface area contributed by atoms with Gasteiger partial charge in [0.15, 0.2) is 0 Å². The summed E-state index contributed by atoms with van der Waals surface area (Å²) in [5.41, 5.74) is 1.62. The summed E-state index contributed by atoms with van der Waals surface area (Å²) >= 11 is 1.55. The SMILES string of the molecule is Cc1cc(CC(=O)NC[C@@H](O)c2cc3ccccc3s2)n[nH]1. The highest BCUT2D eigenvalue weighted by molar-refractivity contribution is 7.19. The van der Waals surface area contributed by atoms with Gasteiger partial charge >= 0.3 is 0 Å². The first kappa shape index (κ1) is 14.7. The van der Waals surface area contributed by atoms with Gasteiger partial charge in [0.05, 0.1) is 12.1 Å². The van der Waals surface area contributed by atoms with Crippen LogP contribution in [0.2, 0.25) is 0 Å². The number of fused-ring (bicyclic) bond motifs is 1. The lowest BCUT2D eigenvalue weighted by atomic mass is 10.2. The minimum absolute atomic E-state index is 0.147. The molecule has 2 aromatic heterocycles. The molecule has 0 aliphatic rings. The molecular weight excluding hydrogens is 298 g/mol. The number of thiophene rings is 1. The molecule has 0 unspecified atom stereocenters. The van der Waals surface area contributed by atoms with Crippen LogP contribution in [0.25, 0.3) is 10.1 Å². The number of aryl methyl sites for hydroxylation is 1. The predicted octanol–water partition coefficient (Wildman–Crippen LogP) is 2.33. The molecule has 5 nitrogen and oxygen atoms in total. The Bertz CT molecular complexity index is 760. The van der Waals surface area contributed by atoms with Crippen molar-refractivity contribution < 1.29 is 9.90 Å². The number of aliphatic hydroxyl groups is 1. The fraction of sp³-hybridized carbons (Fsp3) is 0.250. The van der Waals surface area contributed by atoms with E-state index in [1.165, 1.54) is 0 Å². The van der Waals surface area contributed by atoms with Gasteiger partial charge in [-0.25, -0.2) is 0 Å². The van der Waals surface area contributed by atoms with E-state index in [9.17, 15) is 9.90 Å². The van der Waals surface area contributed by atoms with Crippen LogP contribution in [0.3, 0.4) is 0 Å². The fourth-order valence-corrected chi connectivity index (χ4v) is 3.32. The van der Waals surface area contributed by atoms with Crippen molar-refractivity contribution in [2.24, 2.45) is 0 Å². The first-order valence-corrected chi connectivity index (χ1v) is 7.87. The van der Waals surface area contributed by atoms with E-state index in [1.54, 1.807) is 11.3 Å². The second kappa shape index (κ2) is 6.29. The van der Waals surface area contributed by atoms with Crippen LogP contribution < -0.4 is 5.32 Å². The Kier molecular flexibility index (Phi) is 4.22. The summed E-state index contributed by atoms with van der Waals surface area (Å²) < 4.78 is 1.13. The molecule has 1 aromatic carbocycles. The molecule has 0 spiro atoms. The minimum Gasteiger partial charge on any atom is -0.386 e. The van der Waals surface area contributed by atoms with Crippen LogP contribution in [0, 0.1) is 6.92 Å². The number of aromatic nitrogens is 2. The van der Waals surface area contributed by atoms with Crippen molar-refractivity contribution in [3.05, 3.63) is 52.7 Å². The van der Waals surface area contributed by atoms with Crippen molar-refractivity contribution in [1.29, 1.82) is 0 Å². The van der Waals surface area contributed by atoms with Gasteiger partial charge in [-0.05, 0) is 30.5 Å². The summed E-state index contributed by atoms with van der Waals surface area (Å²) in [5.74, 6) is -0.147. The van der Waals surface area contributed by atoms with E-state index in [0.717, 1.165) is 20.7 Å². The number of aliphatic hydroxyl groups excluding tert-OH is 1. The number of rotatable bonds is 5. The number of H-pyrrole nitrogens is 1. The highest BCUT2D eigenvalue weighted by Crippen LogP contribution is 2.29. The molecule has 0 saturated carbocycles. The molecule has 1 atom stereocenters. The summed E-state index contributed by atoms with van der Waals surface area (Å²) in [7, 11) is 0. The van der Waals surface area contributed by atoms with Gasteiger partial charge in [0.25, 0.3) is 0 Å². The van der Waals surface area contributed by atoms with Crippen LogP contribution in [0.15, 0.2) is 36.4 Å². The zero-order valence-electron chi connectivity index (χ0n) is 12.2. The second-order valence-corrected chi connectivity index (χ2v) is 6.34. The molecule has 3 aromatic rings. The van der Waals surface area contributed by atoms with Crippen LogP contribution in [-0.2, 0) is 11.2 Å². The Morgan fingerprint density at radius 3 is 2.95 bits per heavy atom. The van der Waals surface area contributed by atoms with Gasteiger partial charge in [0.2, 0.25) is 5.91 Å². The topological polar surface area (TPSA) is 78.0 Å². The molecule has 0 fully saturated rings. The maximum Gasteiger partial charge on any atom is 0.226 e. The number of hydrogen-bond donors (Lipinski definition) is 3. The number of aromatic amines is 1. The van der Waals surface area contributed by atoms with Gasteiger partial charge < -0.3 is 10.4 Å². The van der Waals surface area contributed by atoms with Crippen molar-refractivity contribution in [3.8, 4) is 0 Å². The highest BCUT2D eigenvalue weighted by Gasteiger charge is 2.13. The quantitative estimate of drug-likeness (QED) is 0.676. The van der Waals surface area contributed by atoms with E-state index in [4.69, 9.17) is 0 Å². The fourth-order valence-electron chi connectivity index (χ4n) is 2.27. The molecule has 0 aliphatic carbocycles. The van der Waals surface area contributed by atoms with Crippen molar-refractivity contribution >= 4 is 27.3 Å². The summed E-state index contributed by atoms with van der Waals surface area (Å²) in [4.78, 5) is 12.7. The molecule has 22 heavy (non-hydrogen) atoms. The molecule has 0 bridgehead atoms. The van der Waals surface area contributed by atoms with Gasteiger partial charge in [0.1, 0.15) is 6.10 Å². The van der Waals surface area contributed by atoms with Crippen molar-refractivity contribution in [2.45, 2.75) is 19.4 Å². The molecule has 2 heterocycles. The zero-order valence-corrected chi connectivity index (χ0v) is 13.0. The number of carbonyl (C=O) groups excluding carboxylic acids is 1. The molecule has 0 saturated heterocycles. The standard InChI is InChI=1S/C16H17N3O2S/c1-10-6-12(19-18-10)8-16(21)17-9-13(20)15-7-11-4-2-3-5-14(11)22-15/h2-7,13,20H,8-9H2,1H3,(H,17,21)(H,18,19)/t13-/m1/s1. The van der Waals surface area contributed by atoms with E-state index in [2.05, 4.69) is 15.5 Å². The first-order chi connectivity index (χ1) is 10.6. The molecule has 6 heteroatoms. The number of nitrogens with one attached hydrogen (secondary N) is 2. The Morgan fingerprint density at radius 2 is 2.23 bits per heavy atom. The van der Waals surface area contributed by atoms with Gasteiger partial charge in [-0.15, -0.1) is 11.3 Å². The predicted molar refractivity (Wildman–Crippen MR) is 86.8 cm³/mol. The van der Waals surface area contributed by atoms with Crippen LogP contribution >= 0.6 is 11.3 Å². The lowest BCUT2D eigenvalue weighted by molar-refractivity contribution is -0.120. The zero-order chi connectivity index (χ0) is 15.5. The average Bonchev–Trinajstić information content (AvgIpc) is 3.10. The number of hydrogen-bond acceptors (Lipinski definition) is 4. The lowest BCUT2D eigenvalue weighted by Gasteiger charge is -2.09. The molecule has 1 amide bonds. The van der Waals surface area contributed by atoms with Crippen LogP contribution in [0.4, 0.5) is 0 Å². The number of amides is 1. The summed E-state index contributed by atoms with van der Waals surface area (Å²) in [6.45, 7) is 2.09. The number of carbonyl (C=O) groups is 1. The first-order valence-electron chi connectivity index (χ1n) is 7.06. The monoisotopic (exact) mass is 315 g/mol. The van der Waals surface area contributed by atoms with E-state index < -0.39 is 6.10 Å². The van der Waals surface area contributed by atoms with E-state index >= 15 is 0 Å². The third kappa shape index (κ3) is 3.35. The van der Waals surface area contributed by atoms with Gasteiger partial charge in [0, 0.05) is 21.8 Å². The molecular formula is C16H17N3O2S. The Labute approximate surface area is 132 Å². The third-order valence-electron chi connectivity index (χ3n) is 3.37. The van der Waals surface area contributed by atoms with Crippen LogP contribution in [0.5, 0.6) is 0 Å². The third-order valence-corrected chi connectivity index (χ3v) is 4.58.